The van der Waals surface area contributed by atoms with E-state index >= 15 is 0 Å². The van der Waals surface area contributed by atoms with Gasteiger partial charge in [-0.1, -0.05) is 11.6 Å². The van der Waals surface area contributed by atoms with Crippen LogP contribution in [0.3, 0.4) is 0 Å². The minimum absolute atomic E-state index is 0.00122. The largest absolute Gasteiger partial charge is 0.496 e. The molecule has 0 bridgehead atoms. The van der Waals surface area contributed by atoms with Gasteiger partial charge in [-0.2, -0.15) is 0 Å². The van der Waals surface area contributed by atoms with Gasteiger partial charge in [0.1, 0.15) is 11.5 Å². The summed E-state index contributed by atoms with van der Waals surface area (Å²) in [6, 6.07) is 7.92. The van der Waals surface area contributed by atoms with Crippen LogP contribution in [-0.4, -0.2) is 36.2 Å². The highest BCUT2D eigenvalue weighted by Gasteiger charge is 2.36. The van der Waals surface area contributed by atoms with Gasteiger partial charge in [0, 0.05) is 10.6 Å². The number of halogens is 1. The molecule has 9 heteroatoms. The van der Waals surface area contributed by atoms with Crippen molar-refractivity contribution in [2.45, 2.75) is 6.54 Å². The van der Waals surface area contributed by atoms with Crippen molar-refractivity contribution in [3.63, 3.8) is 0 Å². The number of imide groups is 1. The summed E-state index contributed by atoms with van der Waals surface area (Å²) in [4.78, 5) is 37.6. The molecule has 0 atom stereocenters. The number of nitrogens with zero attached hydrogens (tertiary/aromatic N) is 1. The number of methoxy groups -OCH3 is 2. The Labute approximate surface area is 163 Å². The fourth-order valence-corrected chi connectivity index (χ4v) is 3.43. The second kappa shape index (κ2) is 7.89. The third-order valence-corrected chi connectivity index (χ3v) is 4.86. The Kier molecular flexibility index (Phi) is 5.57. The summed E-state index contributed by atoms with van der Waals surface area (Å²) in [7, 11) is 2.73. The van der Waals surface area contributed by atoms with Crippen molar-refractivity contribution in [2.24, 2.45) is 0 Å². The number of hydrogen-bond donors (Lipinski definition) is 0. The molecule has 0 radical (unpaired) electrons. The van der Waals surface area contributed by atoms with Crippen LogP contribution in [0, 0.1) is 0 Å². The Morgan fingerprint density at radius 1 is 1.26 bits per heavy atom. The first kappa shape index (κ1) is 19.1. The maximum Gasteiger partial charge on any atom is 0.373 e. The maximum absolute atomic E-state index is 12.6. The van der Waals surface area contributed by atoms with Gasteiger partial charge in [0.25, 0.3) is 11.1 Å². The highest BCUT2D eigenvalue weighted by molar-refractivity contribution is 8.18. The van der Waals surface area contributed by atoms with Crippen LogP contribution in [0.15, 0.2) is 39.7 Å². The lowest BCUT2D eigenvalue weighted by Gasteiger charge is -2.10. The van der Waals surface area contributed by atoms with E-state index in [1.54, 1.807) is 24.3 Å². The van der Waals surface area contributed by atoms with E-state index in [0.29, 0.717) is 22.1 Å². The molecule has 7 nitrogen and oxygen atoms in total. The molecule has 1 aliphatic heterocycles. The second-order valence-electron chi connectivity index (χ2n) is 5.41. The molecule has 1 saturated heterocycles. The van der Waals surface area contributed by atoms with E-state index in [1.165, 1.54) is 26.4 Å². The van der Waals surface area contributed by atoms with Crippen LogP contribution in [0.25, 0.3) is 6.08 Å². The third kappa shape index (κ3) is 4.01. The fourth-order valence-electron chi connectivity index (χ4n) is 2.42. The first-order chi connectivity index (χ1) is 12.9. The zero-order chi connectivity index (χ0) is 19.6. The topological polar surface area (TPSA) is 86.0 Å². The Bertz CT molecular complexity index is 951. The Balaban J connectivity index is 1.82. The second-order valence-corrected chi connectivity index (χ2v) is 6.84. The van der Waals surface area contributed by atoms with Crippen molar-refractivity contribution in [3.05, 3.63) is 57.3 Å². The van der Waals surface area contributed by atoms with Gasteiger partial charge in [-0.15, -0.1) is 0 Å². The summed E-state index contributed by atoms with van der Waals surface area (Å²) in [5.74, 6) is -0.288. The number of furan rings is 1. The number of hydrogen-bond acceptors (Lipinski definition) is 7. The number of rotatable bonds is 5. The number of carbonyl (C=O) groups excluding carboxylic acids is 3. The molecule has 2 aromatic rings. The third-order valence-electron chi connectivity index (χ3n) is 3.71. The van der Waals surface area contributed by atoms with Crippen LogP contribution in [0.2, 0.25) is 5.02 Å². The molecule has 3 rings (SSSR count). The van der Waals surface area contributed by atoms with Crippen LogP contribution in [-0.2, 0) is 16.1 Å². The number of esters is 1. The van der Waals surface area contributed by atoms with Gasteiger partial charge in [0.2, 0.25) is 5.76 Å². The van der Waals surface area contributed by atoms with Crippen molar-refractivity contribution in [1.29, 1.82) is 0 Å². The van der Waals surface area contributed by atoms with Crippen LogP contribution in [0.1, 0.15) is 21.9 Å². The summed E-state index contributed by atoms with van der Waals surface area (Å²) in [5, 5.41) is 0.0375. The summed E-state index contributed by atoms with van der Waals surface area (Å²) < 4.78 is 15.1. The van der Waals surface area contributed by atoms with Crippen LogP contribution in [0.5, 0.6) is 5.75 Å². The van der Waals surface area contributed by atoms with Crippen LogP contribution in [0.4, 0.5) is 4.79 Å². The Morgan fingerprint density at radius 3 is 2.74 bits per heavy atom. The average molecular weight is 408 g/mol. The molecule has 0 spiro atoms. The SMILES string of the molecule is COC(=O)c1ccc(CN2C(=O)S/C(=C/c3cc(Cl)ccc3OC)C2=O)o1. The van der Waals surface area contributed by atoms with Gasteiger partial charge in [-0.3, -0.25) is 14.5 Å². The fraction of sp³-hybridized carbons (Fsp3) is 0.167. The first-order valence-corrected chi connectivity index (χ1v) is 8.88. The minimum atomic E-state index is -0.636. The van der Waals surface area contributed by atoms with E-state index in [0.717, 1.165) is 16.7 Å². The molecule has 1 aliphatic rings. The quantitative estimate of drug-likeness (QED) is 0.547. The van der Waals surface area contributed by atoms with Gasteiger partial charge < -0.3 is 13.9 Å². The van der Waals surface area contributed by atoms with Gasteiger partial charge >= 0.3 is 5.97 Å². The molecule has 0 aliphatic carbocycles. The van der Waals surface area contributed by atoms with Crippen molar-refractivity contribution in [1.82, 2.24) is 4.90 Å². The van der Waals surface area contributed by atoms with E-state index in [2.05, 4.69) is 4.74 Å². The van der Waals surface area contributed by atoms with Crippen LogP contribution < -0.4 is 4.74 Å². The van der Waals surface area contributed by atoms with Crippen LogP contribution >= 0.6 is 23.4 Å². The maximum atomic E-state index is 12.6. The number of ether oxygens (including phenoxy) is 2. The first-order valence-electron chi connectivity index (χ1n) is 7.69. The lowest BCUT2D eigenvalue weighted by Crippen LogP contribution is -2.27. The van der Waals surface area contributed by atoms with E-state index in [-0.39, 0.29) is 17.2 Å². The summed E-state index contributed by atoms with van der Waals surface area (Å²) in [6.45, 7) is -0.0916. The average Bonchev–Trinajstić information content (AvgIpc) is 3.22. The predicted octanol–water partition coefficient (Wildman–Crippen LogP) is 3.96. The molecule has 27 heavy (non-hydrogen) atoms. The molecule has 140 valence electrons. The molecule has 0 saturated carbocycles. The summed E-state index contributed by atoms with van der Waals surface area (Å²) >= 11 is 6.80. The molecule has 2 heterocycles. The molecule has 0 unspecified atom stereocenters. The summed E-state index contributed by atoms with van der Waals surface area (Å²) in [6.07, 6.45) is 1.55. The van der Waals surface area contributed by atoms with Gasteiger partial charge in [0.05, 0.1) is 25.7 Å². The molecule has 1 fully saturated rings. The zero-order valence-corrected chi connectivity index (χ0v) is 15.9. The van der Waals surface area contributed by atoms with Gasteiger partial charge in [0.15, 0.2) is 0 Å². The molecule has 0 N–H and O–H groups in total. The highest BCUT2D eigenvalue weighted by atomic mass is 35.5. The van der Waals surface area contributed by atoms with E-state index in [4.69, 9.17) is 20.8 Å². The van der Waals surface area contributed by atoms with E-state index < -0.39 is 17.1 Å². The monoisotopic (exact) mass is 407 g/mol. The van der Waals surface area contributed by atoms with Crippen molar-refractivity contribution < 1.29 is 28.3 Å². The number of amides is 2. The Morgan fingerprint density at radius 2 is 2.04 bits per heavy atom. The smallest absolute Gasteiger partial charge is 0.373 e. The minimum Gasteiger partial charge on any atom is -0.496 e. The molecule has 1 aromatic heterocycles. The van der Waals surface area contributed by atoms with Gasteiger partial charge in [-0.05, 0) is 48.2 Å². The zero-order valence-electron chi connectivity index (χ0n) is 14.4. The van der Waals surface area contributed by atoms with E-state index in [9.17, 15) is 14.4 Å². The normalized spacial score (nSPS) is 15.5. The molecular formula is C18H14ClNO6S. The standard InChI is InChI=1S/C18H14ClNO6S/c1-24-13-5-3-11(19)7-10(13)8-15-16(21)20(18(23)27-15)9-12-4-6-14(26-12)17(22)25-2/h3-8H,9H2,1-2H3/b15-8+. The van der Waals surface area contributed by atoms with Crippen molar-refractivity contribution in [2.75, 3.05) is 14.2 Å². The van der Waals surface area contributed by atoms with Crippen molar-refractivity contribution >= 4 is 46.6 Å². The number of thioether (sulfide) groups is 1. The number of benzene rings is 1. The van der Waals surface area contributed by atoms with E-state index in [1.807, 2.05) is 0 Å². The highest BCUT2D eigenvalue weighted by Crippen LogP contribution is 2.35. The lowest BCUT2D eigenvalue weighted by atomic mass is 10.2. The molecule has 1 aromatic carbocycles. The molecular weight excluding hydrogens is 394 g/mol. The predicted molar refractivity (Wildman–Crippen MR) is 99.6 cm³/mol. The molecule has 2 amide bonds. The number of carbonyl (C=O) groups is 3. The Hall–Kier alpha value is -2.71. The van der Waals surface area contributed by atoms with Crippen molar-refractivity contribution in [3.8, 4) is 5.75 Å². The lowest BCUT2D eigenvalue weighted by molar-refractivity contribution is -0.123. The van der Waals surface area contributed by atoms with Gasteiger partial charge in [-0.25, -0.2) is 4.79 Å². The summed E-state index contributed by atoms with van der Waals surface area (Å²) in [5.41, 5.74) is 0.585.